The van der Waals surface area contributed by atoms with Crippen LogP contribution in [0.1, 0.15) is 38.9 Å². The van der Waals surface area contributed by atoms with E-state index in [1.165, 1.54) is 41.5 Å². The van der Waals surface area contributed by atoms with Crippen LogP contribution < -0.4 is 20.1 Å². The molecule has 1 fully saturated rings. The van der Waals surface area contributed by atoms with Gasteiger partial charge in [-0.1, -0.05) is 19.1 Å². The Balaban J connectivity index is 1.12. The van der Waals surface area contributed by atoms with Crippen molar-refractivity contribution in [1.82, 2.24) is 9.80 Å². The molecule has 1 aromatic heterocycles. The number of rotatable bonds is 7. The summed E-state index contributed by atoms with van der Waals surface area (Å²) < 4.78 is 26.8. The van der Waals surface area contributed by atoms with Crippen LogP contribution in [0.5, 0.6) is 11.5 Å². The minimum atomic E-state index is -0.594. The van der Waals surface area contributed by atoms with Gasteiger partial charge in [-0.3, -0.25) is 14.5 Å². The van der Waals surface area contributed by atoms with Gasteiger partial charge < -0.3 is 25.0 Å². The van der Waals surface area contributed by atoms with Gasteiger partial charge in [0.05, 0.1) is 10.6 Å². The molecule has 0 bridgehead atoms. The standard InChI is InChI=1S/C32H33FN4O4S/c1-2-36-10-3-11-37(13-12-36)20-21-4-5-22-18-30(42-29(22)16-21)32(39)35-26-19-24(7-8-25(26)33)34-31(38)23-6-9-27-28(17-23)41-15-14-40-27/h4-9,16-19H,2-3,10-15,20H2,1H3,(H,34,38)(H,35,39). The van der Waals surface area contributed by atoms with Gasteiger partial charge in [0.2, 0.25) is 0 Å². The first-order valence-electron chi connectivity index (χ1n) is 14.2. The summed E-state index contributed by atoms with van der Waals surface area (Å²) in [6.07, 6.45) is 1.17. The molecule has 0 spiro atoms. The first-order valence-corrected chi connectivity index (χ1v) is 15.1. The number of nitrogens with zero attached hydrogens (tertiary/aromatic N) is 2. The smallest absolute Gasteiger partial charge is 0.265 e. The maximum absolute atomic E-state index is 14.7. The van der Waals surface area contributed by atoms with Gasteiger partial charge in [-0.2, -0.15) is 0 Å². The number of halogens is 1. The maximum Gasteiger partial charge on any atom is 0.265 e. The molecule has 2 amide bonds. The van der Waals surface area contributed by atoms with Gasteiger partial charge in [-0.05, 0) is 85.5 Å². The van der Waals surface area contributed by atoms with E-state index in [0.29, 0.717) is 40.8 Å². The number of ether oxygens (including phenoxy) is 2. The third-order valence-corrected chi connectivity index (χ3v) is 8.72. The molecule has 8 nitrogen and oxygen atoms in total. The zero-order chi connectivity index (χ0) is 29.1. The van der Waals surface area contributed by atoms with E-state index in [1.54, 1.807) is 18.2 Å². The van der Waals surface area contributed by atoms with Gasteiger partial charge in [0.1, 0.15) is 19.0 Å². The lowest BCUT2D eigenvalue weighted by atomic mass is 10.1. The fourth-order valence-electron chi connectivity index (χ4n) is 5.31. The van der Waals surface area contributed by atoms with Gasteiger partial charge in [-0.25, -0.2) is 4.39 Å². The molecule has 42 heavy (non-hydrogen) atoms. The Kier molecular flexibility index (Phi) is 8.36. The number of nitrogens with one attached hydrogen (secondary N) is 2. The zero-order valence-electron chi connectivity index (χ0n) is 23.5. The SMILES string of the molecule is CCN1CCCN(Cc2ccc3cc(C(=O)Nc4cc(NC(=O)c5ccc6c(c5)OCCO6)ccc4F)sc3c2)CC1. The van der Waals surface area contributed by atoms with Crippen molar-refractivity contribution < 1.29 is 23.5 Å². The van der Waals surface area contributed by atoms with Crippen molar-refractivity contribution in [2.24, 2.45) is 0 Å². The average molecular weight is 589 g/mol. The molecular formula is C32H33FN4O4S. The molecule has 2 aliphatic heterocycles. The fourth-order valence-corrected chi connectivity index (χ4v) is 6.33. The third-order valence-electron chi connectivity index (χ3n) is 7.62. The number of benzene rings is 3. The van der Waals surface area contributed by atoms with E-state index in [4.69, 9.17) is 9.47 Å². The van der Waals surface area contributed by atoms with E-state index in [0.717, 1.165) is 49.4 Å². The summed E-state index contributed by atoms with van der Waals surface area (Å²) in [4.78, 5) is 31.4. The Hall–Kier alpha value is -3.99. The predicted molar refractivity (Wildman–Crippen MR) is 164 cm³/mol. The molecule has 10 heteroatoms. The molecule has 0 aliphatic carbocycles. The molecule has 2 aliphatic rings. The van der Waals surface area contributed by atoms with Gasteiger partial charge >= 0.3 is 0 Å². The van der Waals surface area contributed by atoms with Crippen LogP contribution in [0.3, 0.4) is 0 Å². The molecular weight excluding hydrogens is 555 g/mol. The quantitative estimate of drug-likeness (QED) is 0.282. The van der Waals surface area contributed by atoms with E-state index in [2.05, 4.69) is 39.5 Å². The predicted octanol–water partition coefficient (Wildman–Crippen LogP) is 5.84. The van der Waals surface area contributed by atoms with E-state index in [-0.39, 0.29) is 11.6 Å². The molecule has 2 N–H and O–H groups in total. The topological polar surface area (TPSA) is 83.1 Å². The number of fused-ring (bicyclic) bond motifs is 2. The van der Waals surface area contributed by atoms with E-state index in [1.807, 2.05) is 12.1 Å². The van der Waals surface area contributed by atoms with Crippen LogP contribution in [-0.2, 0) is 6.54 Å². The number of hydrogen-bond donors (Lipinski definition) is 2. The highest BCUT2D eigenvalue weighted by Crippen LogP contribution is 2.32. The van der Waals surface area contributed by atoms with Crippen molar-refractivity contribution in [2.45, 2.75) is 19.9 Å². The summed E-state index contributed by atoms with van der Waals surface area (Å²) in [5.74, 6) is -0.300. The molecule has 0 saturated carbocycles. The van der Waals surface area contributed by atoms with Crippen molar-refractivity contribution in [1.29, 1.82) is 0 Å². The number of hydrogen-bond acceptors (Lipinski definition) is 7. The minimum absolute atomic E-state index is 0.0135. The number of likely N-dealkylation sites (N-methyl/N-ethyl adjacent to an activating group) is 1. The van der Waals surface area contributed by atoms with Crippen LogP contribution in [0.25, 0.3) is 10.1 Å². The molecule has 0 atom stereocenters. The summed E-state index contributed by atoms with van der Waals surface area (Å²) in [5, 5.41) is 6.41. The monoisotopic (exact) mass is 588 g/mol. The highest BCUT2D eigenvalue weighted by molar-refractivity contribution is 7.20. The Morgan fingerprint density at radius 2 is 1.67 bits per heavy atom. The second-order valence-corrected chi connectivity index (χ2v) is 11.6. The minimum Gasteiger partial charge on any atom is -0.486 e. The van der Waals surface area contributed by atoms with E-state index < -0.39 is 11.7 Å². The van der Waals surface area contributed by atoms with Crippen LogP contribution in [-0.4, -0.2) is 67.6 Å². The lowest BCUT2D eigenvalue weighted by Crippen LogP contribution is -2.30. The van der Waals surface area contributed by atoms with Crippen molar-refractivity contribution in [3.05, 3.63) is 82.5 Å². The summed E-state index contributed by atoms with van der Waals surface area (Å²) >= 11 is 1.39. The van der Waals surface area contributed by atoms with Gasteiger partial charge in [0.15, 0.2) is 11.5 Å². The largest absolute Gasteiger partial charge is 0.486 e. The Morgan fingerprint density at radius 3 is 2.52 bits per heavy atom. The van der Waals surface area contributed by atoms with Gasteiger partial charge in [-0.15, -0.1) is 11.3 Å². The van der Waals surface area contributed by atoms with Crippen molar-refractivity contribution >= 4 is 44.6 Å². The van der Waals surface area contributed by atoms with E-state index >= 15 is 0 Å². The molecule has 4 aromatic rings. The summed E-state index contributed by atoms with van der Waals surface area (Å²) in [7, 11) is 0. The fraction of sp³-hybridized carbons (Fsp3) is 0.312. The number of anilines is 2. The van der Waals surface area contributed by atoms with Crippen LogP contribution in [0.2, 0.25) is 0 Å². The Morgan fingerprint density at radius 1 is 0.857 bits per heavy atom. The Bertz CT molecular complexity index is 1620. The first-order chi connectivity index (χ1) is 20.4. The number of carbonyl (C=O) groups is 2. The number of carbonyl (C=O) groups excluding carboxylic acids is 2. The normalized spacial score (nSPS) is 15.8. The summed E-state index contributed by atoms with van der Waals surface area (Å²) in [6, 6.07) is 17.1. The maximum atomic E-state index is 14.7. The molecule has 3 heterocycles. The number of thiophene rings is 1. The first kappa shape index (κ1) is 28.1. The second kappa shape index (κ2) is 12.5. The second-order valence-electron chi connectivity index (χ2n) is 10.5. The highest BCUT2D eigenvalue weighted by atomic mass is 32.1. The third kappa shape index (κ3) is 6.41. The average Bonchev–Trinajstić information content (AvgIpc) is 3.30. The van der Waals surface area contributed by atoms with E-state index in [9.17, 15) is 14.0 Å². The Labute approximate surface area is 248 Å². The van der Waals surface area contributed by atoms with Gasteiger partial charge in [0, 0.05) is 35.6 Å². The van der Waals surface area contributed by atoms with Crippen molar-refractivity contribution in [3.8, 4) is 11.5 Å². The van der Waals surface area contributed by atoms with Crippen LogP contribution in [0.4, 0.5) is 15.8 Å². The van der Waals surface area contributed by atoms with Crippen molar-refractivity contribution in [3.63, 3.8) is 0 Å². The molecule has 0 unspecified atom stereocenters. The lowest BCUT2D eigenvalue weighted by Gasteiger charge is -2.20. The van der Waals surface area contributed by atoms with Crippen molar-refractivity contribution in [2.75, 3.05) is 56.6 Å². The van der Waals surface area contributed by atoms with Gasteiger partial charge in [0.25, 0.3) is 11.8 Å². The van der Waals surface area contributed by atoms with Crippen LogP contribution in [0, 0.1) is 5.82 Å². The molecule has 1 saturated heterocycles. The van der Waals surface area contributed by atoms with Crippen LogP contribution in [0.15, 0.2) is 60.7 Å². The molecule has 3 aromatic carbocycles. The highest BCUT2D eigenvalue weighted by Gasteiger charge is 2.18. The molecule has 0 radical (unpaired) electrons. The zero-order valence-corrected chi connectivity index (χ0v) is 24.3. The summed E-state index contributed by atoms with van der Waals surface area (Å²) in [6.45, 7) is 9.40. The van der Waals surface area contributed by atoms with Crippen LogP contribution >= 0.6 is 11.3 Å². The molecule has 218 valence electrons. The lowest BCUT2D eigenvalue weighted by molar-refractivity contribution is 0.102. The number of amides is 2. The summed E-state index contributed by atoms with van der Waals surface area (Å²) in [5.41, 5.74) is 1.93. The molecule has 6 rings (SSSR count).